The molecule has 0 radical (unpaired) electrons. The van der Waals surface area contributed by atoms with E-state index in [-0.39, 0.29) is 30.9 Å². The summed E-state index contributed by atoms with van der Waals surface area (Å²) < 4.78 is 6.73. The summed E-state index contributed by atoms with van der Waals surface area (Å²) in [4.78, 5) is 40.8. The fourth-order valence-electron chi connectivity index (χ4n) is 4.56. The van der Waals surface area contributed by atoms with Crippen molar-refractivity contribution in [3.05, 3.63) is 76.7 Å². The normalized spacial score (nSPS) is 18.1. The van der Waals surface area contributed by atoms with Crippen LogP contribution in [-0.4, -0.2) is 57.1 Å². The largest absolute Gasteiger partial charge is 0.447 e. The minimum atomic E-state index is -0.677. The van der Waals surface area contributed by atoms with Gasteiger partial charge in [0.1, 0.15) is 6.17 Å². The number of carbonyl (C=O) groups excluding carboxylic acids is 3. The van der Waals surface area contributed by atoms with Crippen LogP contribution >= 0.6 is 11.8 Å². The number of aromatic nitrogens is 1. The number of amides is 2. The van der Waals surface area contributed by atoms with E-state index in [1.165, 1.54) is 21.3 Å². The van der Waals surface area contributed by atoms with Crippen molar-refractivity contribution < 1.29 is 19.1 Å². The van der Waals surface area contributed by atoms with Crippen LogP contribution in [0, 0.1) is 0 Å². The van der Waals surface area contributed by atoms with Crippen LogP contribution in [0.3, 0.4) is 0 Å². The van der Waals surface area contributed by atoms with Gasteiger partial charge in [-0.1, -0.05) is 30.0 Å². The predicted molar refractivity (Wildman–Crippen MR) is 149 cm³/mol. The Balaban J connectivity index is 1.55. The Morgan fingerprint density at radius 1 is 1.23 bits per heavy atom. The van der Waals surface area contributed by atoms with Gasteiger partial charge in [0.25, 0.3) is 5.91 Å². The average molecular weight is 551 g/mol. The summed E-state index contributed by atoms with van der Waals surface area (Å²) in [6.07, 6.45) is 5.27. The van der Waals surface area contributed by atoms with Crippen molar-refractivity contribution in [2.75, 3.05) is 23.6 Å². The standard InChI is InChI=1S/C26H30N8O4S/c1-15(2)38-26(37)32-12-18-22(19(35)13-32)23(31-17-6-4-3-5-7-17)24(33(18)27)16-8-9-30-21(10-16)34(28)25(36)20-11-29-14-39-20/h3-11,15,21,29-31H,12-14,27-28H2,1-2H3. The third kappa shape index (κ3) is 5.18. The number of hydrazine groups is 1. The molecule has 12 nitrogen and oxygen atoms in total. The highest BCUT2D eigenvalue weighted by Gasteiger charge is 2.36. The smallest absolute Gasteiger partial charge is 0.410 e. The molecule has 1 aromatic carbocycles. The minimum absolute atomic E-state index is 0.0884. The van der Waals surface area contributed by atoms with Crippen molar-refractivity contribution in [1.29, 1.82) is 0 Å². The number of nitrogens with two attached hydrogens (primary N) is 2. The number of nitrogen functional groups attached to an aromatic ring is 1. The molecule has 7 N–H and O–H groups in total. The Morgan fingerprint density at radius 3 is 2.69 bits per heavy atom. The number of benzene rings is 1. The third-order valence-electron chi connectivity index (χ3n) is 6.33. The van der Waals surface area contributed by atoms with Crippen molar-refractivity contribution in [1.82, 2.24) is 25.2 Å². The lowest BCUT2D eigenvalue weighted by atomic mass is 10.0. The number of fused-ring (bicyclic) bond motifs is 1. The minimum Gasteiger partial charge on any atom is -0.447 e. The number of ether oxygens (including phenoxy) is 1. The van der Waals surface area contributed by atoms with Crippen molar-refractivity contribution in [2.24, 2.45) is 5.84 Å². The van der Waals surface area contributed by atoms with Crippen LogP contribution in [0.1, 0.15) is 35.6 Å². The molecule has 39 heavy (non-hydrogen) atoms. The van der Waals surface area contributed by atoms with Crippen molar-refractivity contribution in [2.45, 2.75) is 32.7 Å². The second-order valence-electron chi connectivity index (χ2n) is 9.40. The summed E-state index contributed by atoms with van der Waals surface area (Å²) in [6.45, 7) is 3.44. The average Bonchev–Trinajstić information content (AvgIpc) is 3.55. The van der Waals surface area contributed by atoms with Gasteiger partial charge in [-0.15, -0.1) is 0 Å². The van der Waals surface area contributed by atoms with E-state index >= 15 is 0 Å². The Labute approximate surface area is 229 Å². The van der Waals surface area contributed by atoms with Crippen LogP contribution in [-0.2, 0) is 16.1 Å². The number of nitrogens with zero attached hydrogens (tertiary/aromatic N) is 3. The molecule has 3 aliphatic heterocycles. The van der Waals surface area contributed by atoms with Gasteiger partial charge in [-0.05, 0) is 44.3 Å². The van der Waals surface area contributed by atoms with Gasteiger partial charge >= 0.3 is 6.09 Å². The van der Waals surface area contributed by atoms with E-state index in [0.29, 0.717) is 39.0 Å². The monoisotopic (exact) mass is 550 g/mol. The molecule has 13 heteroatoms. The van der Waals surface area contributed by atoms with Gasteiger partial charge in [0.15, 0.2) is 5.78 Å². The molecule has 1 atom stereocenters. The number of para-hydroxylation sites is 1. The van der Waals surface area contributed by atoms with Gasteiger partial charge in [0, 0.05) is 17.5 Å². The van der Waals surface area contributed by atoms with E-state index in [9.17, 15) is 14.4 Å². The van der Waals surface area contributed by atoms with E-state index in [1.807, 2.05) is 30.3 Å². The van der Waals surface area contributed by atoms with E-state index in [4.69, 9.17) is 16.4 Å². The molecule has 0 bridgehead atoms. The maximum Gasteiger partial charge on any atom is 0.410 e. The number of rotatable bonds is 6. The topological polar surface area (TPSA) is 160 Å². The second-order valence-corrected chi connectivity index (χ2v) is 10.4. The lowest BCUT2D eigenvalue weighted by Crippen LogP contribution is -2.51. The quantitative estimate of drug-likeness (QED) is 0.205. The number of hydrogen-bond donors (Lipinski definition) is 5. The van der Waals surface area contributed by atoms with E-state index in [1.54, 1.807) is 38.4 Å². The molecule has 5 rings (SSSR count). The number of nitrogens with one attached hydrogen (secondary N) is 3. The zero-order valence-electron chi connectivity index (χ0n) is 21.5. The van der Waals surface area contributed by atoms with E-state index < -0.39 is 12.3 Å². The summed E-state index contributed by atoms with van der Waals surface area (Å²) in [7, 11) is 0. The number of anilines is 2. The number of Topliss-reactive ketones (excluding diaryl/α,β-unsaturated/α-hetero) is 1. The number of hydrogen-bond acceptors (Lipinski definition) is 10. The van der Waals surface area contributed by atoms with Gasteiger partial charge in [-0.25, -0.2) is 15.6 Å². The number of dihydropyridines is 1. The number of carbonyl (C=O) groups is 3. The van der Waals surface area contributed by atoms with Crippen molar-refractivity contribution >= 4 is 46.5 Å². The van der Waals surface area contributed by atoms with Gasteiger partial charge in [0.05, 0.1) is 52.6 Å². The zero-order valence-corrected chi connectivity index (χ0v) is 22.3. The molecule has 0 saturated carbocycles. The molecule has 2 aromatic rings. The highest BCUT2D eigenvalue weighted by atomic mass is 32.2. The predicted octanol–water partition coefficient (Wildman–Crippen LogP) is 2.15. The van der Waals surface area contributed by atoms with Gasteiger partial charge < -0.3 is 26.5 Å². The third-order valence-corrected chi connectivity index (χ3v) is 7.24. The number of ketones is 1. The molecule has 0 saturated heterocycles. The first-order valence-corrected chi connectivity index (χ1v) is 13.4. The lowest BCUT2D eigenvalue weighted by molar-refractivity contribution is -0.128. The van der Waals surface area contributed by atoms with Crippen LogP contribution in [0.4, 0.5) is 16.2 Å². The summed E-state index contributed by atoms with van der Waals surface area (Å²) in [5.41, 5.74) is 3.26. The van der Waals surface area contributed by atoms with Crippen LogP contribution in [0.25, 0.3) is 5.57 Å². The molecule has 0 aliphatic carbocycles. The SMILES string of the molecule is CC(C)OC(=O)N1CC(=O)c2c(Nc3ccccc3)c(C3=CC(N(N)C(=O)C4=CNCS4)NC=C3)n(N)c2C1. The molecular weight excluding hydrogens is 520 g/mol. The highest BCUT2D eigenvalue weighted by Crippen LogP contribution is 2.38. The molecule has 3 aliphatic rings. The van der Waals surface area contributed by atoms with Crippen molar-refractivity contribution in [3.63, 3.8) is 0 Å². The molecule has 1 aromatic heterocycles. The summed E-state index contributed by atoms with van der Waals surface area (Å²) in [5.74, 6) is 12.8. The first-order valence-electron chi connectivity index (χ1n) is 12.4. The molecule has 2 amide bonds. The first-order chi connectivity index (χ1) is 18.7. The van der Waals surface area contributed by atoms with Crippen molar-refractivity contribution in [3.8, 4) is 0 Å². The van der Waals surface area contributed by atoms with Crippen LogP contribution in [0.2, 0.25) is 0 Å². The summed E-state index contributed by atoms with van der Waals surface area (Å²) >= 11 is 1.37. The fourth-order valence-corrected chi connectivity index (χ4v) is 5.28. The Morgan fingerprint density at radius 2 is 2.00 bits per heavy atom. The molecular formula is C26H30N8O4S. The van der Waals surface area contributed by atoms with Crippen LogP contribution in [0.5, 0.6) is 0 Å². The molecule has 0 spiro atoms. The van der Waals surface area contributed by atoms with Crippen LogP contribution < -0.4 is 27.6 Å². The van der Waals surface area contributed by atoms with E-state index in [2.05, 4.69) is 16.0 Å². The Kier molecular flexibility index (Phi) is 7.26. The Bertz CT molecular complexity index is 1400. The van der Waals surface area contributed by atoms with Gasteiger partial charge in [-0.3, -0.25) is 19.2 Å². The Hall–Kier alpha value is -4.36. The second kappa shape index (κ2) is 10.8. The number of thioether (sulfide) groups is 1. The molecule has 1 unspecified atom stereocenters. The molecule has 4 heterocycles. The molecule has 0 fully saturated rings. The zero-order chi connectivity index (χ0) is 27.7. The van der Waals surface area contributed by atoms with Gasteiger partial charge in [0.2, 0.25) is 0 Å². The highest BCUT2D eigenvalue weighted by molar-refractivity contribution is 8.04. The summed E-state index contributed by atoms with van der Waals surface area (Å²) in [5, 5.41) is 10.5. The fraction of sp³-hybridized carbons (Fsp3) is 0.269. The lowest BCUT2D eigenvalue weighted by Gasteiger charge is -2.28. The van der Waals surface area contributed by atoms with Crippen LogP contribution in [0.15, 0.2) is 59.8 Å². The van der Waals surface area contributed by atoms with Gasteiger partial charge in [-0.2, -0.15) is 0 Å². The van der Waals surface area contributed by atoms with E-state index in [0.717, 1.165) is 10.7 Å². The molecule has 204 valence electrons. The first kappa shape index (κ1) is 26.3. The summed E-state index contributed by atoms with van der Waals surface area (Å²) in [6, 6.07) is 9.39. The number of allylic oxidation sites excluding steroid dienone is 2. The maximum absolute atomic E-state index is 13.5. The maximum atomic E-state index is 13.5.